The van der Waals surface area contributed by atoms with Crippen molar-refractivity contribution in [3.05, 3.63) is 48.0 Å². The van der Waals surface area contributed by atoms with E-state index >= 15 is 0 Å². The summed E-state index contributed by atoms with van der Waals surface area (Å²) >= 11 is 0. The molecule has 0 aromatic heterocycles. The Labute approximate surface area is 122 Å². The number of nitrogens with two attached hydrogens (primary N) is 1. The fourth-order valence-electron chi connectivity index (χ4n) is 2.03. The lowest BCUT2D eigenvalue weighted by molar-refractivity contribution is -0.137. The molecule has 3 amide bonds. The number of hydrogen-bond acceptors (Lipinski definition) is 4. The van der Waals surface area contributed by atoms with Crippen LogP contribution < -0.4 is 11.1 Å². The molecule has 1 aliphatic heterocycles. The van der Waals surface area contributed by atoms with Crippen LogP contribution in [0.25, 0.3) is 0 Å². The van der Waals surface area contributed by atoms with Crippen LogP contribution in [0.4, 0.5) is 0 Å². The molecule has 0 spiro atoms. The zero-order valence-corrected chi connectivity index (χ0v) is 11.5. The highest BCUT2D eigenvalue weighted by molar-refractivity contribution is 6.12. The van der Waals surface area contributed by atoms with Gasteiger partial charge in [0.25, 0.3) is 11.8 Å². The summed E-state index contributed by atoms with van der Waals surface area (Å²) in [5, 5.41) is 2.63. The number of carbonyl (C=O) groups excluding carboxylic acids is 3. The molecule has 21 heavy (non-hydrogen) atoms. The van der Waals surface area contributed by atoms with Crippen molar-refractivity contribution in [3.63, 3.8) is 0 Å². The minimum Gasteiger partial charge on any atom is -0.353 e. The van der Waals surface area contributed by atoms with Gasteiger partial charge in [0, 0.05) is 25.2 Å². The topological polar surface area (TPSA) is 92.5 Å². The summed E-state index contributed by atoms with van der Waals surface area (Å²) in [6.07, 6.45) is 2.87. The highest BCUT2D eigenvalue weighted by Gasteiger charge is 2.23. The molecule has 1 atom stereocenters. The molecule has 1 heterocycles. The van der Waals surface area contributed by atoms with E-state index in [-0.39, 0.29) is 30.8 Å². The predicted molar refractivity (Wildman–Crippen MR) is 77.0 cm³/mol. The van der Waals surface area contributed by atoms with Crippen molar-refractivity contribution < 1.29 is 14.4 Å². The number of carbonyl (C=O) groups is 3. The zero-order valence-electron chi connectivity index (χ0n) is 11.5. The molecular weight excluding hydrogens is 270 g/mol. The second-order valence-corrected chi connectivity index (χ2v) is 4.75. The van der Waals surface area contributed by atoms with Gasteiger partial charge in [0.15, 0.2) is 0 Å². The monoisotopic (exact) mass is 287 g/mol. The van der Waals surface area contributed by atoms with Crippen LogP contribution in [-0.4, -0.2) is 41.8 Å². The first-order valence-corrected chi connectivity index (χ1v) is 6.68. The molecule has 0 fully saturated rings. The van der Waals surface area contributed by atoms with Crippen molar-refractivity contribution in [2.45, 2.75) is 12.5 Å². The van der Waals surface area contributed by atoms with Gasteiger partial charge in [0.05, 0.1) is 6.04 Å². The Morgan fingerprint density at radius 1 is 1.14 bits per heavy atom. The first-order valence-electron chi connectivity index (χ1n) is 6.68. The van der Waals surface area contributed by atoms with E-state index in [1.165, 1.54) is 12.2 Å². The lowest BCUT2D eigenvalue weighted by Gasteiger charge is -2.16. The second kappa shape index (κ2) is 6.81. The van der Waals surface area contributed by atoms with Crippen molar-refractivity contribution in [3.8, 4) is 0 Å². The van der Waals surface area contributed by atoms with Gasteiger partial charge in [-0.2, -0.15) is 0 Å². The SMILES string of the molecule is NC(Cc1ccccc1)C(=O)NCCN1C(=O)C=CC1=O. The average Bonchev–Trinajstić information content (AvgIpc) is 2.80. The maximum absolute atomic E-state index is 11.8. The van der Waals surface area contributed by atoms with E-state index in [4.69, 9.17) is 5.73 Å². The van der Waals surface area contributed by atoms with Gasteiger partial charge in [-0.3, -0.25) is 19.3 Å². The molecule has 1 unspecified atom stereocenters. The van der Waals surface area contributed by atoms with Gasteiger partial charge in [-0.25, -0.2) is 0 Å². The molecule has 1 aromatic carbocycles. The van der Waals surface area contributed by atoms with E-state index < -0.39 is 6.04 Å². The second-order valence-electron chi connectivity index (χ2n) is 4.75. The van der Waals surface area contributed by atoms with Crippen molar-refractivity contribution in [1.29, 1.82) is 0 Å². The molecule has 6 nitrogen and oxygen atoms in total. The largest absolute Gasteiger partial charge is 0.353 e. The number of rotatable bonds is 6. The van der Waals surface area contributed by atoms with Crippen LogP contribution in [0.15, 0.2) is 42.5 Å². The average molecular weight is 287 g/mol. The van der Waals surface area contributed by atoms with Gasteiger partial charge in [0.2, 0.25) is 5.91 Å². The van der Waals surface area contributed by atoms with Crippen molar-refractivity contribution in [2.24, 2.45) is 5.73 Å². The Bertz CT molecular complexity index is 551. The molecule has 0 saturated carbocycles. The summed E-state index contributed by atoms with van der Waals surface area (Å²) < 4.78 is 0. The van der Waals surface area contributed by atoms with Gasteiger partial charge in [-0.05, 0) is 12.0 Å². The third-order valence-electron chi connectivity index (χ3n) is 3.17. The first kappa shape index (κ1) is 14.9. The van der Waals surface area contributed by atoms with Crippen LogP contribution in [0.1, 0.15) is 5.56 Å². The van der Waals surface area contributed by atoms with Gasteiger partial charge in [-0.15, -0.1) is 0 Å². The lowest BCUT2D eigenvalue weighted by atomic mass is 10.1. The molecule has 2 rings (SSSR count). The van der Waals surface area contributed by atoms with E-state index in [9.17, 15) is 14.4 Å². The van der Waals surface area contributed by atoms with Gasteiger partial charge < -0.3 is 11.1 Å². The van der Waals surface area contributed by atoms with Crippen LogP contribution in [-0.2, 0) is 20.8 Å². The summed E-state index contributed by atoms with van der Waals surface area (Å²) in [5.41, 5.74) is 6.81. The van der Waals surface area contributed by atoms with Crippen molar-refractivity contribution in [1.82, 2.24) is 10.2 Å². The molecule has 0 bridgehead atoms. The normalized spacial score (nSPS) is 15.4. The Kier molecular flexibility index (Phi) is 4.84. The Balaban J connectivity index is 1.74. The molecule has 0 radical (unpaired) electrons. The van der Waals surface area contributed by atoms with Gasteiger partial charge >= 0.3 is 0 Å². The first-order chi connectivity index (χ1) is 10.1. The van der Waals surface area contributed by atoms with E-state index in [1.807, 2.05) is 30.3 Å². The van der Waals surface area contributed by atoms with E-state index in [2.05, 4.69) is 5.32 Å². The maximum Gasteiger partial charge on any atom is 0.253 e. The minimum atomic E-state index is -0.657. The molecule has 6 heteroatoms. The third kappa shape index (κ3) is 4.00. The number of benzene rings is 1. The Morgan fingerprint density at radius 3 is 2.38 bits per heavy atom. The molecule has 0 saturated heterocycles. The van der Waals surface area contributed by atoms with E-state index in [0.717, 1.165) is 10.5 Å². The number of amides is 3. The standard InChI is InChI=1S/C15H17N3O3/c16-12(10-11-4-2-1-3-5-11)15(21)17-8-9-18-13(19)6-7-14(18)20/h1-7,12H,8-10,16H2,(H,17,21). The van der Waals surface area contributed by atoms with Gasteiger partial charge in [0.1, 0.15) is 0 Å². The number of imide groups is 1. The number of hydrogen-bond donors (Lipinski definition) is 2. The van der Waals surface area contributed by atoms with E-state index in [0.29, 0.717) is 6.42 Å². The highest BCUT2D eigenvalue weighted by atomic mass is 16.2. The predicted octanol–water partition coefficient (Wildman–Crippen LogP) is -0.402. The van der Waals surface area contributed by atoms with Crippen molar-refractivity contribution >= 4 is 17.7 Å². The summed E-state index contributed by atoms with van der Waals surface area (Å²) in [6.45, 7) is 0.342. The molecule has 0 aliphatic carbocycles. The molecular formula is C15H17N3O3. The molecule has 110 valence electrons. The fraction of sp³-hybridized carbons (Fsp3) is 0.267. The maximum atomic E-state index is 11.8. The van der Waals surface area contributed by atoms with E-state index in [1.54, 1.807) is 0 Å². The zero-order chi connectivity index (χ0) is 15.2. The van der Waals surface area contributed by atoms with Crippen LogP contribution in [0, 0.1) is 0 Å². The van der Waals surface area contributed by atoms with Crippen LogP contribution in [0.3, 0.4) is 0 Å². The molecule has 1 aromatic rings. The van der Waals surface area contributed by atoms with Crippen LogP contribution >= 0.6 is 0 Å². The molecule has 3 N–H and O–H groups in total. The van der Waals surface area contributed by atoms with Crippen LogP contribution in [0.5, 0.6) is 0 Å². The summed E-state index contributed by atoms with van der Waals surface area (Å²) in [4.78, 5) is 35.5. The Morgan fingerprint density at radius 2 is 1.76 bits per heavy atom. The smallest absolute Gasteiger partial charge is 0.253 e. The quantitative estimate of drug-likeness (QED) is 0.696. The summed E-state index contributed by atoms with van der Waals surface area (Å²) in [7, 11) is 0. The number of nitrogens with zero attached hydrogens (tertiary/aromatic N) is 1. The van der Waals surface area contributed by atoms with Crippen molar-refractivity contribution in [2.75, 3.05) is 13.1 Å². The lowest BCUT2D eigenvalue weighted by Crippen LogP contribution is -2.45. The molecule has 1 aliphatic rings. The van der Waals surface area contributed by atoms with Crippen LogP contribution in [0.2, 0.25) is 0 Å². The third-order valence-corrected chi connectivity index (χ3v) is 3.17. The number of nitrogens with one attached hydrogen (secondary N) is 1. The Hall–Kier alpha value is -2.47. The minimum absolute atomic E-state index is 0.147. The highest BCUT2D eigenvalue weighted by Crippen LogP contribution is 2.03. The summed E-state index contributed by atoms with van der Waals surface area (Å²) in [6, 6.07) is 8.82. The van der Waals surface area contributed by atoms with Gasteiger partial charge in [-0.1, -0.05) is 30.3 Å². The fourth-order valence-corrected chi connectivity index (χ4v) is 2.03. The summed E-state index contributed by atoms with van der Waals surface area (Å²) in [5.74, 6) is -1.02.